The third-order valence-electron chi connectivity index (χ3n) is 6.59. The number of aromatic nitrogens is 2. The fraction of sp³-hybridized carbons (Fsp3) is 0.286. The molecule has 3 atom stereocenters. The quantitative estimate of drug-likeness (QED) is 0.187. The lowest BCUT2D eigenvalue weighted by molar-refractivity contribution is -0.131. The number of thiazole rings is 1. The molecule has 0 spiro atoms. The Morgan fingerprint density at radius 3 is 2.41 bits per heavy atom. The molecular weight excluding hydrogens is 585 g/mol. The summed E-state index contributed by atoms with van der Waals surface area (Å²) < 4.78 is 55.1. The van der Waals surface area contributed by atoms with Gasteiger partial charge in [-0.2, -0.15) is 0 Å². The van der Waals surface area contributed by atoms with Crippen LogP contribution in [0.2, 0.25) is 0 Å². The molecule has 0 saturated heterocycles. The molecule has 41 heavy (non-hydrogen) atoms. The first-order chi connectivity index (χ1) is 19.4. The number of nitrogens with zero attached hydrogens (tertiary/aromatic N) is 3. The lowest BCUT2D eigenvalue weighted by Gasteiger charge is -2.34. The van der Waals surface area contributed by atoms with Crippen LogP contribution in [0.1, 0.15) is 29.8 Å². The minimum Gasteiger partial charge on any atom is -0.310 e. The predicted octanol–water partition coefficient (Wildman–Crippen LogP) is 3.31. The molecule has 2 N–H and O–H groups in total. The number of sulfone groups is 1. The Morgan fingerprint density at radius 2 is 1.73 bits per heavy atom. The van der Waals surface area contributed by atoms with Gasteiger partial charge in [-0.3, -0.25) is 14.6 Å². The first kappa shape index (κ1) is 30.4. The molecular formula is C28H30N4O6S3. The van der Waals surface area contributed by atoms with Crippen LogP contribution in [0.4, 0.5) is 0 Å². The summed E-state index contributed by atoms with van der Waals surface area (Å²) >= 11 is 1.34. The van der Waals surface area contributed by atoms with Gasteiger partial charge in [0.15, 0.2) is 15.6 Å². The van der Waals surface area contributed by atoms with Gasteiger partial charge < -0.3 is 5.73 Å². The molecule has 0 bridgehead atoms. The van der Waals surface area contributed by atoms with Gasteiger partial charge in [0.1, 0.15) is 5.75 Å². The van der Waals surface area contributed by atoms with Gasteiger partial charge in [0.05, 0.1) is 38.5 Å². The molecule has 2 aromatic heterocycles. The zero-order valence-electron chi connectivity index (χ0n) is 22.5. The zero-order chi connectivity index (χ0) is 29.8. The number of hydrogen-bond donors (Lipinski definition) is 1. The lowest BCUT2D eigenvalue weighted by Crippen LogP contribution is -2.55. The third kappa shape index (κ3) is 7.22. The van der Waals surface area contributed by atoms with Crippen molar-refractivity contribution in [1.29, 1.82) is 0 Å². The van der Waals surface area contributed by atoms with E-state index < -0.39 is 61.1 Å². The second-order valence-corrected chi connectivity index (χ2v) is 14.7. The van der Waals surface area contributed by atoms with Gasteiger partial charge in [-0.1, -0.05) is 44.2 Å². The van der Waals surface area contributed by atoms with E-state index in [0.717, 1.165) is 10.3 Å². The Morgan fingerprint density at radius 1 is 1.00 bits per heavy atom. The van der Waals surface area contributed by atoms with Crippen molar-refractivity contribution >= 4 is 53.1 Å². The highest BCUT2D eigenvalue weighted by Gasteiger charge is 2.40. The van der Waals surface area contributed by atoms with Crippen molar-refractivity contribution in [2.24, 2.45) is 17.6 Å². The Kier molecular flexibility index (Phi) is 9.32. The van der Waals surface area contributed by atoms with Crippen molar-refractivity contribution in [1.82, 2.24) is 14.3 Å². The van der Waals surface area contributed by atoms with Crippen molar-refractivity contribution in [3.05, 3.63) is 89.7 Å². The van der Waals surface area contributed by atoms with Crippen LogP contribution in [0, 0.1) is 11.8 Å². The number of sulfonamides is 1. The Hall–Kier alpha value is -3.52. The van der Waals surface area contributed by atoms with E-state index in [0.29, 0.717) is 16.2 Å². The van der Waals surface area contributed by atoms with Gasteiger partial charge >= 0.3 is 0 Å². The number of rotatable bonds is 12. The zero-order valence-corrected chi connectivity index (χ0v) is 24.9. The van der Waals surface area contributed by atoms with Crippen LogP contribution in [-0.4, -0.2) is 60.5 Å². The molecule has 216 valence electrons. The maximum atomic E-state index is 14.0. The summed E-state index contributed by atoms with van der Waals surface area (Å²) in [5, 5.41) is 0. The molecule has 13 heteroatoms. The topological polar surface area (TPSA) is 157 Å². The number of benzene rings is 2. The molecule has 0 radical (unpaired) electrons. The predicted molar refractivity (Wildman–Crippen MR) is 157 cm³/mol. The summed E-state index contributed by atoms with van der Waals surface area (Å²) in [6.45, 7) is 3.04. The van der Waals surface area contributed by atoms with E-state index in [1.165, 1.54) is 54.9 Å². The van der Waals surface area contributed by atoms with Crippen molar-refractivity contribution in [3.63, 3.8) is 0 Å². The summed E-state index contributed by atoms with van der Waals surface area (Å²) in [7, 11) is -8.62. The average molecular weight is 615 g/mol. The van der Waals surface area contributed by atoms with E-state index in [4.69, 9.17) is 5.73 Å². The molecule has 0 aliphatic carbocycles. The maximum absolute atomic E-state index is 14.0. The van der Waals surface area contributed by atoms with Crippen LogP contribution in [0.5, 0.6) is 0 Å². The van der Waals surface area contributed by atoms with Crippen molar-refractivity contribution < 1.29 is 26.4 Å². The Bertz CT molecular complexity index is 1740. The summed E-state index contributed by atoms with van der Waals surface area (Å²) in [5.74, 6) is -5.07. The van der Waals surface area contributed by atoms with E-state index in [1.807, 2.05) is 30.3 Å². The molecule has 1 amide bonds. The molecule has 10 nitrogen and oxygen atoms in total. The van der Waals surface area contributed by atoms with E-state index in [-0.39, 0.29) is 10.5 Å². The number of ketones is 1. The first-order valence-electron chi connectivity index (χ1n) is 12.7. The van der Waals surface area contributed by atoms with Gasteiger partial charge in [-0.25, -0.2) is 26.1 Å². The van der Waals surface area contributed by atoms with E-state index in [1.54, 1.807) is 18.5 Å². The van der Waals surface area contributed by atoms with Crippen LogP contribution in [0.25, 0.3) is 10.2 Å². The molecule has 2 heterocycles. The molecule has 4 aromatic rings. The van der Waals surface area contributed by atoms with Crippen LogP contribution in [0.15, 0.2) is 83.5 Å². The fourth-order valence-electron chi connectivity index (χ4n) is 4.41. The number of amides is 1. The lowest BCUT2D eigenvalue weighted by atomic mass is 9.98. The molecule has 0 fully saturated rings. The smallest absolute Gasteiger partial charge is 0.267 e. The number of hydrogen-bond acceptors (Lipinski definition) is 10. The number of carbonyl (C=O) groups is 2. The van der Waals surface area contributed by atoms with Gasteiger partial charge in [0.2, 0.25) is 5.91 Å². The van der Waals surface area contributed by atoms with Crippen LogP contribution >= 0.6 is 11.3 Å². The molecule has 2 aromatic carbocycles. The van der Waals surface area contributed by atoms with Crippen molar-refractivity contribution in [2.75, 3.05) is 11.5 Å². The van der Waals surface area contributed by atoms with Gasteiger partial charge in [0, 0.05) is 18.0 Å². The highest BCUT2D eigenvalue weighted by atomic mass is 32.2. The minimum atomic E-state index is -4.52. The first-order valence-corrected chi connectivity index (χ1v) is 16.9. The van der Waals surface area contributed by atoms with Crippen molar-refractivity contribution in [3.8, 4) is 0 Å². The normalized spacial score (nSPS) is 14.3. The molecule has 0 saturated carbocycles. The Labute approximate surface area is 243 Å². The third-order valence-corrected chi connectivity index (χ3v) is 10.9. The monoisotopic (exact) mass is 614 g/mol. The van der Waals surface area contributed by atoms with Crippen LogP contribution in [-0.2, 0) is 31.1 Å². The molecule has 4 rings (SSSR count). The van der Waals surface area contributed by atoms with Gasteiger partial charge in [-0.05, 0) is 48.2 Å². The number of carbonyl (C=O) groups excluding carboxylic acids is 2. The van der Waals surface area contributed by atoms with Crippen molar-refractivity contribution in [2.45, 2.75) is 31.3 Å². The number of nitrogens with two attached hydrogens (primary N) is 1. The van der Waals surface area contributed by atoms with Crippen LogP contribution in [0.3, 0.4) is 0 Å². The number of fused-ring (bicyclic) bond motifs is 1. The summed E-state index contributed by atoms with van der Waals surface area (Å²) in [6.07, 6.45) is 1.78. The van der Waals surface area contributed by atoms with Gasteiger partial charge in [-0.15, -0.1) is 11.3 Å². The highest BCUT2D eigenvalue weighted by molar-refractivity contribution is 7.92. The molecule has 1 unspecified atom stereocenters. The summed E-state index contributed by atoms with van der Waals surface area (Å²) in [5.41, 5.74) is 9.53. The summed E-state index contributed by atoms with van der Waals surface area (Å²) in [4.78, 5) is 34.1. The molecule has 0 aliphatic rings. The largest absolute Gasteiger partial charge is 0.310 e. The fourth-order valence-corrected chi connectivity index (χ4v) is 8.33. The van der Waals surface area contributed by atoms with E-state index in [9.17, 15) is 26.4 Å². The second-order valence-electron chi connectivity index (χ2n) is 9.90. The Balaban J connectivity index is 1.63. The minimum absolute atomic E-state index is 0.119. The van der Waals surface area contributed by atoms with E-state index in [2.05, 4.69) is 9.97 Å². The van der Waals surface area contributed by atoms with E-state index >= 15 is 0 Å². The SMILES string of the molecule is CC(CS(=O)(=O)CC(=O)c1cccnc1)C(=O)N([C@H](N)[C@@H](C)Cc1ccccc1)S(=O)(=O)c1ccc2scnc2c1. The maximum Gasteiger partial charge on any atom is 0.267 e. The van der Waals surface area contributed by atoms with Crippen LogP contribution < -0.4 is 5.73 Å². The average Bonchev–Trinajstić information content (AvgIpc) is 3.41. The van der Waals surface area contributed by atoms with Gasteiger partial charge in [0.25, 0.3) is 10.0 Å². The molecule has 0 aliphatic heterocycles. The number of pyridine rings is 1. The highest BCUT2D eigenvalue weighted by Crippen LogP contribution is 2.28. The number of Topliss-reactive ketones (excluding diaryl/α,β-unsaturated/α-hetero) is 1. The summed E-state index contributed by atoms with van der Waals surface area (Å²) in [6, 6.07) is 16.6. The standard InChI is InChI=1S/C28H30N4O6S3/c1-19(13-21-7-4-3-5-8-21)27(29)32(41(37,38)23-10-11-26-24(14-23)31-18-39-26)28(34)20(2)16-40(35,36)17-25(33)22-9-6-12-30-15-22/h3-12,14-15,18-20,27H,13,16-17,29H2,1-2H3/t19-,20?,27-/m0/s1. The second kappa shape index (κ2) is 12.6.